The highest BCUT2D eigenvalue weighted by Crippen LogP contribution is 2.24. The molecular formula is C15H13BrF2O. The Kier molecular flexibility index (Phi) is 4.32. The van der Waals surface area contributed by atoms with E-state index in [1.807, 2.05) is 0 Å². The summed E-state index contributed by atoms with van der Waals surface area (Å²) in [4.78, 5) is 0. The summed E-state index contributed by atoms with van der Waals surface area (Å²) in [5.74, 6) is -0.757. The lowest BCUT2D eigenvalue weighted by atomic mass is 9.97. The fraction of sp³-hybridized carbons (Fsp3) is 0.200. The molecule has 2 aromatic rings. The number of hydrogen-bond acceptors (Lipinski definition) is 1. The lowest BCUT2D eigenvalue weighted by Gasteiger charge is -2.14. The molecule has 0 aliphatic heterocycles. The van der Waals surface area contributed by atoms with E-state index in [0.717, 1.165) is 5.56 Å². The van der Waals surface area contributed by atoms with Crippen LogP contribution in [0.4, 0.5) is 8.78 Å². The summed E-state index contributed by atoms with van der Waals surface area (Å²) in [6.45, 7) is 1.81. The second-order valence-electron chi connectivity index (χ2n) is 4.50. The first-order valence-corrected chi connectivity index (χ1v) is 6.64. The van der Waals surface area contributed by atoms with Crippen LogP contribution in [0.2, 0.25) is 0 Å². The minimum Gasteiger partial charge on any atom is -0.388 e. The number of aryl methyl sites for hydroxylation is 1. The molecule has 1 atom stereocenters. The van der Waals surface area contributed by atoms with Crippen LogP contribution in [0.25, 0.3) is 0 Å². The Morgan fingerprint density at radius 1 is 1.11 bits per heavy atom. The topological polar surface area (TPSA) is 20.2 Å². The Balaban J connectivity index is 2.25. The molecule has 0 aliphatic rings. The van der Waals surface area contributed by atoms with Crippen LogP contribution >= 0.6 is 15.9 Å². The van der Waals surface area contributed by atoms with E-state index in [4.69, 9.17) is 0 Å². The third-order valence-electron chi connectivity index (χ3n) is 2.95. The van der Waals surface area contributed by atoms with Gasteiger partial charge in [-0.1, -0.05) is 22.0 Å². The minimum absolute atomic E-state index is 0.237. The average molecular weight is 327 g/mol. The maximum atomic E-state index is 13.3. The molecule has 2 rings (SSSR count). The van der Waals surface area contributed by atoms with Gasteiger partial charge in [0.15, 0.2) is 0 Å². The summed E-state index contributed by atoms with van der Waals surface area (Å²) in [5, 5.41) is 10.2. The number of aliphatic hydroxyl groups excluding tert-OH is 1. The van der Waals surface area contributed by atoms with E-state index < -0.39 is 6.10 Å². The molecule has 2 aromatic carbocycles. The third kappa shape index (κ3) is 3.61. The largest absolute Gasteiger partial charge is 0.388 e. The van der Waals surface area contributed by atoms with Gasteiger partial charge in [-0.2, -0.15) is 0 Å². The molecule has 0 heterocycles. The van der Waals surface area contributed by atoms with E-state index in [9.17, 15) is 13.9 Å². The van der Waals surface area contributed by atoms with E-state index in [-0.39, 0.29) is 18.1 Å². The monoisotopic (exact) mass is 326 g/mol. The quantitative estimate of drug-likeness (QED) is 0.891. The van der Waals surface area contributed by atoms with Crippen molar-refractivity contribution in [3.63, 3.8) is 0 Å². The van der Waals surface area contributed by atoms with Crippen LogP contribution in [0.15, 0.2) is 40.9 Å². The summed E-state index contributed by atoms with van der Waals surface area (Å²) in [6.07, 6.45) is -0.620. The lowest BCUT2D eigenvalue weighted by Crippen LogP contribution is -2.05. The van der Waals surface area contributed by atoms with E-state index in [0.29, 0.717) is 15.6 Å². The first-order chi connectivity index (χ1) is 8.95. The molecule has 0 aromatic heterocycles. The fourth-order valence-electron chi connectivity index (χ4n) is 2.03. The first kappa shape index (κ1) is 14.2. The fourth-order valence-corrected chi connectivity index (χ4v) is 2.55. The molecule has 4 heteroatoms. The molecule has 0 bridgehead atoms. The van der Waals surface area contributed by atoms with E-state index in [1.165, 1.54) is 24.3 Å². The molecule has 19 heavy (non-hydrogen) atoms. The van der Waals surface area contributed by atoms with Crippen molar-refractivity contribution in [3.05, 3.63) is 69.2 Å². The summed E-state index contributed by atoms with van der Waals surface area (Å²) >= 11 is 3.20. The molecule has 0 saturated heterocycles. The maximum absolute atomic E-state index is 13.3. The SMILES string of the molecule is Cc1ccc(F)cc1C(O)Cc1cc(F)cc(Br)c1. The summed E-state index contributed by atoms with van der Waals surface area (Å²) in [6, 6.07) is 8.74. The van der Waals surface area contributed by atoms with Crippen LogP contribution in [-0.4, -0.2) is 5.11 Å². The number of hydrogen-bond donors (Lipinski definition) is 1. The predicted molar refractivity (Wildman–Crippen MR) is 73.9 cm³/mol. The number of aliphatic hydroxyl groups is 1. The van der Waals surface area contributed by atoms with Gasteiger partial charge in [-0.25, -0.2) is 8.78 Å². The lowest BCUT2D eigenvalue weighted by molar-refractivity contribution is 0.177. The van der Waals surface area contributed by atoms with Gasteiger partial charge in [0.05, 0.1) is 6.10 Å². The summed E-state index contributed by atoms with van der Waals surface area (Å²) < 4.78 is 27.1. The van der Waals surface area contributed by atoms with Crippen LogP contribution < -0.4 is 0 Å². The van der Waals surface area contributed by atoms with Crippen LogP contribution in [0, 0.1) is 18.6 Å². The Bertz CT molecular complexity index is 578. The summed E-state index contributed by atoms with van der Waals surface area (Å²) in [5.41, 5.74) is 1.99. The van der Waals surface area contributed by atoms with Crippen molar-refractivity contribution in [1.29, 1.82) is 0 Å². The molecular weight excluding hydrogens is 314 g/mol. The van der Waals surface area contributed by atoms with Crippen LogP contribution in [0.5, 0.6) is 0 Å². The van der Waals surface area contributed by atoms with Crippen molar-refractivity contribution in [2.45, 2.75) is 19.4 Å². The van der Waals surface area contributed by atoms with Crippen molar-refractivity contribution in [3.8, 4) is 0 Å². The van der Waals surface area contributed by atoms with Crippen LogP contribution in [0.1, 0.15) is 22.8 Å². The zero-order valence-corrected chi connectivity index (χ0v) is 11.9. The van der Waals surface area contributed by atoms with Gasteiger partial charge in [0.2, 0.25) is 0 Å². The summed E-state index contributed by atoms with van der Waals surface area (Å²) in [7, 11) is 0. The van der Waals surface area contributed by atoms with Gasteiger partial charge in [-0.05, 0) is 53.9 Å². The second kappa shape index (κ2) is 5.80. The van der Waals surface area contributed by atoms with E-state index in [1.54, 1.807) is 19.1 Å². The van der Waals surface area contributed by atoms with Crippen LogP contribution in [0.3, 0.4) is 0 Å². The highest BCUT2D eigenvalue weighted by atomic mass is 79.9. The molecule has 1 nitrogen and oxygen atoms in total. The normalized spacial score (nSPS) is 12.5. The Morgan fingerprint density at radius 3 is 2.53 bits per heavy atom. The molecule has 1 unspecified atom stereocenters. The second-order valence-corrected chi connectivity index (χ2v) is 5.41. The highest BCUT2D eigenvalue weighted by Gasteiger charge is 2.13. The van der Waals surface area contributed by atoms with Gasteiger partial charge in [0.25, 0.3) is 0 Å². The molecule has 0 radical (unpaired) electrons. The Morgan fingerprint density at radius 2 is 1.84 bits per heavy atom. The van der Waals surface area contributed by atoms with Crippen molar-refractivity contribution in [1.82, 2.24) is 0 Å². The molecule has 0 fully saturated rings. The molecule has 0 spiro atoms. The van der Waals surface area contributed by atoms with Gasteiger partial charge in [-0.15, -0.1) is 0 Å². The Hall–Kier alpha value is -1.26. The van der Waals surface area contributed by atoms with Gasteiger partial charge < -0.3 is 5.11 Å². The van der Waals surface area contributed by atoms with Gasteiger partial charge >= 0.3 is 0 Å². The molecule has 0 amide bonds. The van der Waals surface area contributed by atoms with Crippen molar-refractivity contribution in [2.24, 2.45) is 0 Å². The minimum atomic E-state index is -0.857. The van der Waals surface area contributed by atoms with E-state index >= 15 is 0 Å². The third-order valence-corrected chi connectivity index (χ3v) is 3.41. The maximum Gasteiger partial charge on any atom is 0.124 e. The standard InChI is InChI=1S/C15H13BrF2O/c1-9-2-3-12(17)8-14(9)15(19)6-10-4-11(16)7-13(18)5-10/h2-5,7-8,15,19H,6H2,1H3. The molecule has 0 saturated carbocycles. The zero-order chi connectivity index (χ0) is 14.0. The van der Waals surface area contributed by atoms with Crippen molar-refractivity contribution in [2.75, 3.05) is 0 Å². The first-order valence-electron chi connectivity index (χ1n) is 5.85. The van der Waals surface area contributed by atoms with Gasteiger partial charge in [-0.3, -0.25) is 0 Å². The smallest absolute Gasteiger partial charge is 0.124 e. The van der Waals surface area contributed by atoms with Gasteiger partial charge in [0, 0.05) is 10.9 Å². The van der Waals surface area contributed by atoms with Crippen molar-refractivity contribution < 1.29 is 13.9 Å². The predicted octanol–water partition coefficient (Wildman–Crippen LogP) is 4.31. The van der Waals surface area contributed by atoms with Crippen LogP contribution in [-0.2, 0) is 6.42 Å². The van der Waals surface area contributed by atoms with E-state index in [2.05, 4.69) is 15.9 Å². The van der Waals surface area contributed by atoms with Gasteiger partial charge in [0.1, 0.15) is 11.6 Å². The number of halogens is 3. The Labute approximate surface area is 119 Å². The average Bonchev–Trinajstić information content (AvgIpc) is 2.30. The number of rotatable bonds is 3. The number of benzene rings is 2. The molecule has 100 valence electrons. The van der Waals surface area contributed by atoms with Crippen molar-refractivity contribution >= 4 is 15.9 Å². The molecule has 0 aliphatic carbocycles. The molecule has 1 N–H and O–H groups in total. The highest BCUT2D eigenvalue weighted by molar-refractivity contribution is 9.10. The zero-order valence-electron chi connectivity index (χ0n) is 10.3.